The van der Waals surface area contributed by atoms with Crippen molar-refractivity contribution in [2.24, 2.45) is 5.92 Å². The highest BCUT2D eigenvalue weighted by molar-refractivity contribution is 5.78. The Morgan fingerprint density at radius 2 is 1.48 bits per heavy atom. The number of likely N-dealkylation sites (tertiary alicyclic amines) is 1. The molecule has 166 valence electrons. The largest absolute Gasteiger partial charge is 0.444 e. The molecule has 0 aromatic carbocycles. The van der Waals surface area contributed by atoms with Crippen LogP contribution in [0, 0.1) is 5.92 Å². The predicted molar refractivity (Wildman–Crippen MR) is 113 cm³/mol. The summed E-state index contributed by atoms with van der Waals surface area (Å²) in [5.41, 5.74) is -0.436. The number of nitrogens with one attached hydrogen (secondary N) is 1. The molecule has 0 saturated carbocycles. The fourth-order valence-corrected chi connectivity index (χ4v) is 4.34. The van der Waals surface area contributed by atoms with Crippen LogP contribution < -0.4 is 5.32 Å². The average Bonchev–Trinajstić information content (AvgIpc) is 2.69. The number of hydrogen-bond acceptors (Lipinski definition) is 6. The third-order valence-corrected chi connectivity index (χ3v) is 6.08. The van der Waals surface area contributed by atoms with Crippen molar-refractivity contribution in [2.45, 2.75) is 39.2 Å². The van der Waals surface area contributed by atoms with Crippen LogP contribution in [-0.2, 0) is 9.53 Å². The smallest absolute Gasteiger partial charge is 0.410 e. The summed E-state index contributed by atoms with van der Waals surface area (Å²) >= 11 is 0. The van der Waals surface area contributed by atoms with Gasteiger partial charge in [0.15, 0.2) is 0 Å². The highest BCUT2D eigenvalue weighted by Crippen LogP contribution is 2.20. The molecule has 0 spiro atoms. The summed E-state index contributed by atoms with van der Waals surface area (Å²) in [7, 11) is 0. The first-order valence-corrected chi connectivity index (χ1v) is 11.2. The molecule has 2 amide bonds. The zero-order valence-electron chi connectivity index (χ0n) is 18.5. The molecule has 3 fully saturated rings. The molecular formula is C21H39N5O3. The van der Waals surface area contributed by atoms with Gasteiger partial charge in [-0.05, 0) is 52.6 Å². The van der Waals surface area contributed by atoms with E-state index in [1.807, 2.05) is 30.6 Å². The number of hydrogen-bond donors (Lipinski definition) is 1. The van der Waals surface area contributed by atoms with Gasteiger partial charge in [-0.2, -0.15) is 0 Å². The molecule has 3 aliphatic heterocycles. The van der Waals surface area contributed by atoms with E-state index in [4.69, 9.17) is 4.74 Å². The van der Waals surface area contributed by atoms with E-state index in [1.54, 1.807) is 0 Å². The maximum absolute atomic E-state index is 12.4. The van der Waals surface area contributed by atoms with Gasteiger partial charge >= 0.3 is 6.09 Å². The first-order chi connectivity index (χ1) is 13.8. The van der Waals surface area contributed by atoms with Crippen LogP contribution in [0.2, 0.25) is 0 Å². The van der Waals surface area contributed by atoms with Gasteiger partial charge in [-0.15, -0.1) is 0 Å². The number of piperidine rings is 1. The summed E-state index contributed by atoms with van der Waals surface area (Å²) in [6, 6.07) is 0. The Hall–Kier alpha value is -1.38. The maximum atomic E-state index is 12.4. The summed E-state index contributed by atoms with van der Waals surface area (Å²) in [5, 5.41) is 3.30. The number of nitrogens with zero attached hydrogens (tertiary/aromatic N) is 4. The molecule has 0 atom stereocenters. The number of carbonyl (C=O) groups excluding carboxylic acids is 2. The van der Waals surface area contributed by atoms with E-state index >= 15 is 0 Å². The summed E-state index contributed by atoms with van der Waals surface area (Å²) < 4.78 is 5.48. The van der Waals surface area contributed by atoms with Crippen molar-refractivity contribution < 1.29 is 14.3 Å². The van der Waals surface area contributed by atoms with E-state index in [2.05, 4.69) is 15.1 Å². The number of ether oxygens (including phenoxy) is 1. The Labute approximate surface area is 175 Å². The van der Waals surface area contributed by atoms with Gasteiger partial charge in [0.05, 0.1) is 6.54 Å². The van der Waals surface area contributed by atoms with Gasteiger partial charge in [0.2, 0.25) is 5.91 Å². The molecule has 8 nitrogen and oxygen atoms in total. The Morgan fingerprint density at radius 3 is 2.07 bits per heavy atom. The van der Waals surface area contributed by atoms with Crippen molar-refractivity contribution >= 4 is 12.0 Å². The molecule has 0 aromatic heterocycles. The van der Waals surface area contributed by atoms with Crippen LogP contribution in [0.4, 0.5) is 4.79 Å². The fraction of sp³-hybridized carbons (Fsp3) is 0.905. The third-order valence-electron chi connectivity index (χ3n) is 6.08. The number of amides is 2. The lowest BCUT2D eigenvalue weighted by atomic mass is 9.96. The first kappa shape index (κ1) is 22.3. The predicted octanol–water partition coefficient (Wildman–Crippen LogP) is 0.683. The van der Waals surface area contributed by atoms with Crippen LogP contribution in [0.3, 0.4) is 0 Å². The highest BCUT2D eigenvalue weighted by Gasteiger charge is 2.28. The van der Waals surface area contributed by atoms with Gasteiger partial charge in [0.25, 0.3) is 0 Å². The van der Waals surface area contributed by atoms with Gasteiger partial charge < -0.3 is 19.9 Å². The summed E-state index contributed by atoms with van der Waals surface area (Å²) in [4.78, 5) is 33.3. The van der Waals surface area contributed by atoms with E-state index in [0.29, 0.717) is 12.5 Å². The average molecular weight is 410 g/mol. The topological polar surface area (TPSA) is 68.4 Å². The van der Waals surface area contributed by atoms with Gasteiger partial charge in [0, 0.05) is 58.9 Å². The molecule has 0 bridgehead atoms. The van der Waals surface area contributed by atoms with Crippen LogP contribution in [0.15, 0.2) is 0 Å². The lowest BCUT2D eigenvalue weighted by molar-refractivity contribution is -0.133. The molecule has 0 unspecified atom stereocenters. The van der Waals surface area contributed by atoms with Crippen LogP contribution in [0.5, 0.6) is 0 Å². The second kappa shape index (κ2) is 10.1. The first-order valence-electron chi connectivity index (χ1n) is 11.2. The lowest BCUT2D eigenvalue weighted by Crippen LogP contribution is -2.52. The van der Waals surface area contributed by atoms with E-state index in [0.717, 1.165) is 84.8 Å². The molecule has 3 aliphatic rings. The zero-order chi connectivity index (χ0) is 20.9. The van der Waals surface area contributed by atoms with E-state index in [-0.39, 0.29) is 12.0 Å². The Balaban J connectivity index is 1.32. The van der Waals surface area contributed by atoms with Crippen molar-refractivity contribution in [3.63, 3.8) is 0 Å². The van der Waals surface area contributed by atoms with Crippen molar-refractivity contribution in [2.75, 3.05) is 78.5 Å². The standard InChI is InChI=1S/C21H39N5O3/c1-21(2,3)29-20(28)26-14-12-24(13-15-26)16-18-4-8-23(9-5-18)17-19(27)25-10-6-22-7-11-25/h18,22H,4-17H2,1-3H3. The van der Waals surface area contributed by atoms with E-state index in [9.17, 15) is 9.59 Å². The zero-order valence-corrected chi connectivity index (χ0v) is 18.5. The minimum atomic E-state index is -0.436. The van der Waals surface area contributed by atoms with Gasteiger partial charge in [-0.1, -0.05) is 0 Å². The molecule has 3 rings (SSSR count). The summed E-state index contributed by atoms with van der Waals surface area (Å²) in [6.45, 7) is 16.2. The Bertz CT molecular complexity index is 543. The molecule has 0 radical (unpaired) electrons. The Morgan fingerprint density at radius 1 is 0.862 bits per heavy atom. The lowest BCUT2D eigenvalue weighted by Gasteiger charge is -2.39. The van der Waals surface area contributed by atoms with Crippen LogP contribution in [0.25, 0.3) is 0 Å². The quantitative estimate of drug-likeness (QED) is 0.737. The van der Waals surface area contributed by atoms with Gasteiger partial charge in [-0.25, -0.2) is 4.79 Å². The fourth-order valence-electron chi connectivity index (χ4n) is 4.34. The number of rotatable bonds is 4. The van der Waals surface area contributed by atoms with E-state index < -0.39 is 5.60 Å². The maximum Gasteiger partial charge on any atom is 0.410 e. The van der Waals surface area contributed by atoms with Crippen molar-refractivity contribution in [3.05, 3.63) is 0 Å². The molecular weight excluding hydrogens is 370 g/mol. The molecule has 8 heteroatoms. The second-order valence-corrected chi connectivity index (χ2v) is 9.62. The highest BCUT2D eigenvalue weighted by atomic mass is 16.6. The van der Waals surface area contributed by atoms with Gasteiger partial charge in [0.1, 0.15) is 5.60 Å². The molecule has 3 heterocycles. The normalized spacial score (nSPS) is 23.3. The molecule has 0 aliphatic carbocycles. The third kappa shape index (κ3) is 7.12. The van der Waals surface area contributed by atoms with E-state index in [1.165, 1.54) is 0 Å². The molecule has 29 heavy (non-hydrogen) atoms. The molecule has 3 saturated heterocycles. The monoisotopic (exact) mass is 409 g/mol. The van der Waals surface area contributed by atoms with Crippen molar-refractivity contribution in [1.82, 2.24) is 24.9 Å². The van der Waals surface area contributed by atoms with Crippen molar-refractivity contribution in [3.8, 4) is 0 Å². The molecule has 1 N–H and O–H groups in total. The minimum Gasteiger partial charge on any atom is -0.444 e. The van der Waals surface area contributed by atoms with Crippen LogP contribution in [0.1, 0.15) is 33.6 Å². The van der Waals surface area contributed by atoms with Gasteiger partial charge in [-0.3, -0.25) is 14.6 Å². The SMILES string of the molecule is CC(C)(C)OC(=O)N1CCN(CC2CCN(CC(=O)N3CCNCC3)CC2)CC1. The van der Waals surface area contributed by atoms with Crippen LogP contribution >= 0.6 is 0 Å². The van der Waals surface area contributed by atoms with Crippen LogP contribution in [-0.4, -0.2) is 116 Å². The Kier molecular flexibility index (Phi) is 7.76. The summed E-state index contributed by atoms with van der Waals surface area (Å²) in [5.74, 6) is 0.969. The van der Waals surface area contributed by atoms with Crippen molar-refractivity contribution in [1.29, 1.82) is 0 Å². The molecule has 0 aromatic rings. The summed E-state index contributed by atoms with van der Waals surface area (Å²) in [6.07, 6.45) is 2.11. The second-order valence-electron chi connectivity index (χ2n) is 9.62. The number of carbonyl (C=O) groups is 2. The minimum absolute atomic E-state index is 0.195. The number of piperazine rings is 2.